The van der Waals surface area contributed by atoms with Crippen molar-refractivity contribution in [1.82, 2.24) is 19.7 Å². The van der Waals surface area contributed by atoms with Crippen molar-refractivity contribution >= 4 is 57.2 Å². The molecule has 2 fully saturated rings. The van der Waals surface area contributed by atoms with Crippen LogP contribution >= 0.6 is 21.6 Å². The van der Waals surface area contributed by atoms with Crippen molar-refractivity contribution < 1.29 is 47.5 Å². The van der Waals surface area contributed by atoms with Crippen LogP contribution in [0.15, 0.2) is 69.7 Å². The van der Waals surface area contributed by atoms with Gasteiger partial charge in [-0.3, -0.25) is 29.5 Å². The van der Waals surface area contributed by atoms with E-state index >= 15 is 0 Å². The third-order valence-corrected chi connectivity index (χ3v) is 14.8. The average molecular weight is 987 g/mol. The van der Waals surface area contributed by atoms with Gasteiger partial charge in [0, 0.05) is 81.3 Å². The molecule has 69 heavy (non-hydrogen) atoms. The SMILES string of the molecule is CC=C1CC2C=Nc3cc(OCc4cc(OCCN(CCOCCOCCOC)CC(C)(C)SSC)cc(COc5cc6c(cc5OC)C(=O)N5CC(=CC)CC5C=N6)n4)c(OC)cc3C(=O)N2C1. The highest BCUT2D eigenvalue weighted by molar-refractivity contribution is 8.77. The quantitative estimate of drug-likeness (QED) is 0.0455. The minimum Gasteiger partial charge on any atom is -0.493 e. The van der Waals surface area contributed by atoms with Crippen LogP contribution in [-0.4, -0.2) is 161 Å². The molecule has 0 spiro atoms. The van der Waals surface area contributed by atoms with Gasteiger partial charge in [0.05, 0.1) is 93.2 Å². The first-order valence-corrected chi connectivity index (χ1v) is 25.9. The fraction of sp³-hybridized carbons (Fsp3) is 0.510. The Morgan fingerprint density at radius 2 is 1.19 bits per heavy atom. The van der Waals surface area contributed by atoms with Gasteiger partial charge in [-0.15, -0.1) is 0 Å². The first-order valence-electron chi connectivity index (χ1n) is 23.4. The maximum absolute atomic E-state index is 13.8. The average Bonchev–Trinajstić information content (AvgIpc) is 3.92. The Hall–Kier alpha value is -5.11. The molecule has 2 aromatic carbocycles. The van der Waals surface area contributed by atoms with Crippen LogP contribution in [0.1, 0.15) is 72.6 Å². The first-order chi connectivity index (χ1) is 33.5. The highest BCUT2D eigenvalue weighted by Crippen LogP contribution is 2.41. The van der Waals surface area contributed by atoms with Gasteiger partial charge in [-0.2, -0.15) is 0 Å². The van der Waals surface area contributed by atoms with E-state index in [1.807, 2.05) is 59.0 Å². The molecule has 4 aliphatic rings. The van der Waals surface area contributed by atoms with Crippen molar-refractivity contribution in [3.05, 3.63) is 82.2 Å². The molecule has 3 aromatic rings. The second kappa shape index (κ2) is 24.6. The molecule has 4 aliphatic heterocycles. The summed E-state index contributed by atoms with van der Waals surface area (Å²) in [5, 5.41) is 0. The van der Waals surface area contributed by atoms with E-state index in [2.05, 4.69) is 37.2 Å². The summed E-state index contributed by atoms with van der Waals surface area (Å²) in [6.07, 6.45) is 11.4. The van der Waals surface area contributed by atoms with Crippen LogP contribution in [0.3, 0.4) is 0 Å². The van der Waals surface area contributed by atoms with Crippen LogP contribution in [0, 0.1) is 0 Å². The zero-order chi connectivity index (χ0) is 48.9. The Morgan fingerprint density at radius 3 is 1.68 bits per heavy atom. The summed E-state index contributed by atoms with van der Waals surface area (Å²) in [6.45, 7) is 14.9. The Bertz CT molecular complexity index is 2270. The third-order valence-electron chi connectivity index (χ3n) is 12.2. The number of amides is 2. The molecule has 7 rings (SSSR count). The van der Waals surface area contributed by atoms with E-state index in [0.717, 1.165) is 25.9 Å². The number of aliphatic imine (C=N–C) groups is 2. The number of ether oxygens (including phenoxy) is 8. The number of hydrogen-bond donors (Lipinski definition) is 0. The number of fused-ring (bicyclic) bond motifs is 4. The van der Waals surface area contributed by atoms with Crippen molar-refractivity contribution in [2.24, 2.45) is 9.98 Å². The van der Waals surface area contributed by atoms with E-state index in [1.165, 1.54) is 11.1 Å². The molecule has 0 radical (unpaired) electrons. The molecule has 0 N–H and O–H groups in total. The number of carbonyl (C=O) groups excluding carboxylic acids is 2. The minimum atomic E-state index is -0.109. The molecule has 2 amide bonds. The molecule has 372 valence electrons. The van der Waals surface area contributed by atoms with Gasteiger partial charge < -0.3 is 47.7 Å². The standard InChI is InChI=1S/C51H66N6O10S2/c1-9-34-19-38-27-52-43-25-47(45(61-6)23-41(43)49(58)56(38)29-34)66-31-36-21-40(65-14-12-55(33-51(3,4)69-68-8)11-13-63-17-18-64-16-15-60-5)22-37(54-36)32-67-48-26-44-42(24-46(48)62-7)50(59)57-30-35(10-2)20-39(57)28-53-44/h9-10,21-28,38-39H,11-20,29-33H2,1-8H3. The van der Waals surface area contributed by atoms with Crippen LogP contribution in [0.2, 0.25) is 0 Å². The second-order valence-corrected chi connectivity index (χ2v) is 20.7. The highest BCUT2D eigenvalue weighted by Gasteiger charge is 2.36. The van der Waals surface area contributed by atoms with Crippen LogP contribution in [0.4, 0.5) is 11.4 Å². The number of hydrogen-bond acceptors (Lipinski definition) is 16. The lowest BCUT2D eigenvalue weighted by atomic mass is 10.1. The minimum absolute atomic E-state index is 0.0155. The van der Waals surface area contributed by atoms with Gasteiger partial charge >= 0.3 is 0 Å². The second-order valence-electron chi connectivity index (χ2n) is 17.6. The zero-order valence-corrected chi connectivity index (χ0v) is 42.8. The normalized spacial score (nSPS) is 18.6. The summed E-state index contributed by atoms with van der Waals surface area (Å²) in [4.78, 5) is 48.0. The van der Waals surface area contributed by atoms with Gasteiger partial charge in [0.2, 0.25) is 0 Å². The van der Waals surface area contributed by atoms with Crippen LogP contribution in [-0.2, 0) is 27.4 Å². The lowest BCUT2D eigenvalue weighted by Crippen LogP contribution is -2.40. The van der Waals surface area contributed by atoms with Gasteiger partial charge in [-0.25, -0.2) is 0 Å². The van der Waals surface area contributed by atoms with E-state index in [0.29, 0.717) is 122 Å². The number of methoxy groups -OCH3 is 3. The summed E-state index contributed by atoms with van der Waals surface area (Å²) in [5.74, 6) is 2.03. The first kappa shape index (κ1) is 51.7. The van der Waals surface area contributed by atoms with Crippen LogP contribution in [0.25, 0.3) is 0 Å². The highest BCUT2D eigenvalue weighted by atomic mass is 33.1. The molecule has 2 unspecified atom stereocenters. The van der Waals surface area contributed by atoms with E-state index in [-0.39, 0.29) is 41.9 Å². The molecule has 5 heterocycles. The van der Waals surface area contributed by atoms with Gasteiger partial charge in [0.25, 0.3) is 11.8 Å². The summed E-state index contributed by atoms with van der Waals surface area (Å²) < 4.78 is 47.5. The monoisotopic (exact) mass is 986 g/mol. The Kier molecular flexibility index (Phi) is 18.5. The van der Waals surface area contributed by atoms with E-state index in [1.54, 1.807) is 56.4 Å². The van der Waals surface area contributed by atoms with Crippen LogP contribution < -0.4 is 23.7 Å². The topological polar surface area (TPSA) is 155 Å². The predicted octanol–water partition coefficient (Wildman–Crippen LogP) is 8.16. The smallest absolute Gasteiger partial charge is 0.257 e. The van der Waals surface area contributed by atoms with Gasteiger partial charge in [-0.05, 0) is 58.9 Å². The summed E-state index contributed by atoms with van der Waals surface area (Å²) in [7, 11) is 8.35. The molecular weight excluding hydrogens is 921 g/mol. The largest absolute Gasteiger partial charge is 0.493 e. The number of carbonyl (C=O) groups is 2. The number of aromatic nitrogens is 1. The van der Waals surface area contributed by atoms with Crippen molar-refractivity contribution in [3.63, 3.8) is 0 Å². The molecule has 2 saturated heterocycles. The Balaban J connectivity index is 1.10. The molecule has 1 aromatic heterocycles. The fourth-order valence-electron chi connectivity index (χ4n) is 8.69. The van der Waals surface area contributed by atoms with Crippen molar-refractivity contribution in [2.75, 3.05) is 100.0 Å². The van der Waals surface area contributed by atoms with E-state index in [4.69, 9.17) is 52.9 Å². The Morgan fingerprint density at radius 1 is 0.681 bits per heavy atom. The molecule has 2 atom stereocenters. The predicted molar refractivity (Wildman–Crippen MR) is 272 cm³/mol. The van der Waals surface area contributed by atoms with Crippen molar-refractivity contribution in [2.45, 2.75) is 70.6 Å². The maximum Gasteiger partial charge on any atom is 0.257 e. The van der Waals surface area contributed by atoms with Gasteiger partial charge in [0.1, 0.15) is 25.6 Å². The van der Waals surface area contributed by atoms with Crippen molar-refractivity contribution in [3.8, 4) is 28.7 Å². The lowest BCUT2D eigenvalue weighted by molar-refractivity contribution is 0.0184. The number of pyridine rings is 1. The maximum atomic E-state index is 13.8. The number of benzene rings is 2. The molecule has 18 heteroatoms. The summed E-state index contributed by atoms with van der Waals surface area (Å²) in [5.41, 5.74) is 5.50. The number of allylic oxidation sites excluding steroid dienone is 2. The van der Waals surface area contributed by atoms with Gasteiger partial charge in [0.15, 0.2) is 23.0 Å². The van der Waals surface area contributed by atoms with E-state index in [9.17, 15) is 9.59 Å². The van der Waals surface area contributed by atoms with Crippen molar-refractivity contribution in [1.29, 1.82) is 0 Å². The zero-order valence-electron chi connectivity index (χ0n) is 41.1. The van der Waals surface area contributed by atoms with Crippen LogP contribution in [0.5, 0.6) is 28.7 Å². The van der Waals surface area contributed by atoms with Gasteiger partial charge in [-0.1, -0.05) is 44.9 Å². The molecule has 0 bridgehead atoms. The summed E-state index contributed by atoms with van der Waals surface area (Å²) in [6, 6.07) is 10.4. The molecule has 0 aliphatic carbocycles. The van der Waals surface area contributed by atoms with E-state index < -0.39 is 0 Å². The third kappa shape index (κ3) is 13.4. The fourth-order valence-corrected chi connectivity index (χ4v) is 10.9. The number of nitrogens with zero attached hydrogens (tertiary/aromatic N) is 6. The summed E-state index contributed by atoms with van der Waals surface area (Å²) >= 11 is 0. The lowest BCUT2D eigenvalue weighted by Gasteiger charge is -2.31. The molecular formula is C51H66N6O10S2. The molecule has 16 nitrogen and oxygen atoms in total. The Labute approximate surface area is 414 Å². The molecule has 0 saturated carbocycles. The number of rotatable bonds is 25.